The van der Waals surface area contributed by atoms with E-state index in [0.717, 1.165) is 5.56 Å². The molecule has 138 valence electrons. The fraction of sp³-hybridized carbons (Fsp3) is 0.316. The Morgan fingerprint density at radius 3 is 2.73 bits per heavy atom. The van der Waals surface area contributed by atoms with Crippen LogP contribution in [0.15, 0.2) is 42.5 Å². The molecule has 0 aromatic heterocycles. The summed E-state index contributed by atoms with van der Waals surface area (Å²) < 4.78 is 33.1. The molecule has 0 atom stereocenters. The maximum absolute atomic E-state index is 12.6. The molecule has 1 N–H and O–H groups in total. The van der Waals surface area contributed by atoms with Crippen molar-refractivity contribution in [3.63, 3.8) is 0 Å². The number of nitrogens with zero attached hydrogens (tertiary/aromatic N) is 1. The normalized spacial score (nSPS) is 14.4. The zero-order valence-corrected chi connectivity index (χ0v) is 15.7. The second kappa shape index (κ2) is 7.37. The number of anilines is 1. The zero-order valence-electron chi connectivity index (χ0n) is 14.9. The van der Waals surface area contributed by atoms with Crippen molar-refractivity contribution >= 4 is 21.6 Å². The van der Waals surface area contributed by atoms with Gasteiger partial charge in [-0.1, -0.05) is 29.8 Å². The van der Waals surface area contributed by atoms with Crippen molar-refractivity contribution in [2.75, 3.05) is 24.4 Å². The predicted molar refractivity (Wildman–Crippen MR) is 101 cm³/mol. The summed E-state index contributed by atoms with van der Waals surface area (Å²) in [6.07, 6.45) is 0. The summed E-state index contributed by atoms with van der Waals surface area (Å²) in [5.74, 6) is 0.199. The third-order valence-corrected chi connectivity index (χ3v) is 5.47. The first-order chi connectivity index (χ1) is 12.4. The minimum absolute atomic E-state index is 0.128. The summed E-state index contributed by atoms with van der Waals surface area (Å²) >= 11 is 0. The minimum atomic E-state index is -3.59. The lowest BCUT2D eigenvalue weighted by Crippen LogP contribution is -2.32. The van der Waals surface area contributed by atoms with Crippen LogP contribution in [-0.2, 0) is 15.8 Å². The highest BCUT2D eigenvalue weighted by Crippen LogP contribution is 2.27. The van der Waals surface area contributed by atoms with E-state index in [4.69, 9.17) is 4.74 Å². The first kappa shape index (κ1) is 18.3. The van der Waals surface area contributed by atoms with Gasteiger partial charge in [-0.25, -0.2) is 8.42 Å². The van der Waals surface area contributed by atoms with Gasteiger partial charge in [0, 0.05) is 12.2 Å². The summed E-state index contributed by atoms with van der Waals surface area (Å²) in [5, 5.41) is 0. The quantitative estimate of drug-likeness (QED) is 0.873. The predicted octanol–water partition coefficient (Wildman–Crippen LogP) is 2.79. The van der Waals surface area contributed by atoms with Crippen LogP contribution in [-0.4, -0.2) is 38.9 Å². The third-order valence-electron chi connectivity index (χ3n) is 4.21. The molecular formula is C19H22N2O4S. The molecule has 1 amide bonds. The number of nitrogens with one attached hydrogen (secondary N) is 1. The number of hydrogen-bond acceptors (Lipinski definition) is 4. The summed E-state index contributed by atoms with van der Waals surface area (Å²) in [6.45, 7) is 5.33. The van der Waals surface area contributed by atoms with Crippen LogP contribution in [0.1, 0.15) is 28.4 Å². The molecule has 3 rings (SSSR count). The first-order valence-electron chi connectivity index (χ1n) is 8.50. The van der Waals surface area contributed by atoms with Crippen LogP contribution in [0.2, 0.25) is 0 Å². The van der Waals surface area contributed by atoms with Crippen molar-refractivity contribution in [3.05, 3.63) is 59.2 Å². The smallest absolute Gasteiger partial charge is 0.257 e. The third kappa shape index (κ3) is 4.16. The maximum atomic E-state index is 12.6. The molecule has 0 fully saturated rings. The number of hydrogen-bond donors (Lipinski definition) is 1. The average Bonchev–Trinajstić information content (AvgIpc) is 2.73. The Morgan fingerprint density at radius 1 is 1.19 bits per heavy atom. The molecular weight excluding hydrogens is 352 g/mol. The Bertz CT molecular complexity index is 925. The molecule has 1 aliphatic heterocycles. The molecule has 0 saturated carbocycles. The maximum Gasteiger partial charge on any atom is 0.257 e. The number of ether oxygens (including phenoxy) is 1. The zero-order chi connectivity index (χ0) is 18.7. The molecule has 0 unspecified atom stereocenters. The lowest BCUT2D eigenvalue weighted by Gasteiger charge is -2.17. The van der Waals surface area contributed by atoms with Crippen LogP contribution in [0, 0.1) is 6.92 Å². The number of rotatable bonds is 5. The fourth-order valence-corrected chi connectivity index (χ4v) is 4.14. The Labute approximate surface area is 153 Å². The van der Waals surface area contributed by atoms with E-state index in [1.165, 1.54) is 0 Å². The topological polar surface area (TPSA) is 75.7 Å². The van der Waals surface area contributed by atoms with Gasteiger partial charge in [-0.3, -0.25) is 9.52 Å². The lowest BCUT2D eigenvalue weighted by molar-refractivity contribution is 0.0765. The van der Waals surface area contributed by atoms with Crippen molar-refractivity contribution in [1.29, 1.82) is 0 Å². The lowest BCUT2D eigenvalue weighted by atomic mass is 10.1. The largest absolute Gasteiger partial charge is 0.491 e. The van der Waals surface area contributed by atoms with Crippen molar-refractivity contribution in [2.45, 2.75) is 19.6 Å². The Morgan fingerprint density at radius 2 is 2.00 bits per heavy atom. The number of sulfonamides is 1. The minimum Gasteiger partial charge on any atom is -0.491 e. The number of carbonyl (C=O) groups is 1. The average molecular weight is 374 g/mol. The SMILES string of the molecule is CCN1CCOc2ccc(NS(=O)(=O)Cc3cccc(C)c3)cc2C1=O. The summed E-state index contributed by atoms with van der Waals surface area (Å²) in [5.41, 5.74) is 2.44. The molecule has 0 spiro atoms. The van der Waals surface area contributed by atoms with Gasteiger partial charge >= 0.3 is 0 Å². The molecule has 0 bridgehead atoms. The highest BCUT2D eigenvalue weighted by molar-refractivity contribution is 7.91. The fourth-order valence-electron chi connectivity index (χ4n) is 2.96. The molecule has 0 saturated heterocycles. The van der Waals surface area contributed by atoms with Crippen molar-refractivity contribution in [3.8, 4) is 5.75 Å². The van der Waals surface area contributed by atoms with E-state index in [1.807, 2.05) is 32.0 Å². The van der Waals surface area contributed by atoms with E-state index in [-0.39, 0.29) is 11.7 Å². The van der Waals surface area contributed by atoms with E-state index >= 15 is 0 Å². The Balaban J connectivity index is 1.83. The Hall–Kier alpha value is -2.54. The van der Waals surface area contributed by atoms with Crippen molar-refractivity contribution in [2.24, 2.45) is 0 Å². The highest BCUT2D eigenvalue weighted by Gasteiger charge is 2.23. The van der Waals surface area contributed by atoms with Gasteiger partial charge < -0.3 is 9.64 Å². The molecule has 2 aromatic carbocycles. The molecule has 26 heavy (non-hydrogen) atoms. The van der Waals surface area contributed by atoms with E-state index in [1.54, 1.807) is 29.2 Å². The van der Waals surface area contributed by atoms with E-state index < -0.39 is 10.0 Å². The molecule has 1 aliphatic rings. The van der Waals surface area contributed by atoms with Crippen LogP contribution in [0.4, 0.5) is 5.69 Å². The summed E-state index contributed by atoms with van der Waals surface area (Å²) in [4.78, 5) is 14.3. The van der Waals surface area contributed by atoms with Crippen molar-refractivity contribution < 1.29 is 17.9 Å². The molecule has 0 radical (unpaired) electrons. The molecule has 7 heteroatoms. The van der Waals surface area contributed by atoms with E-state index in [9.17, 15) is 13.2 Å². The molecule has 2 aromatic rings. The van der Waals surface area contributed by atoms with Gasteiger partial charge in [0.15, 0.2) is 0 Å². The van der Waals surface area contributed by atoms with Gasteiger partial charge in [0.05, 0.1) is 17.9 Å². The van der Waals surface area contributed by atoms with Crippen LogP contribution in [0.5, 0.6) is 5.75 Å². The molecule has 6 nitrogen and oxygen atoms in total. The number of fused-ring (bicyclic) bond motifs is 1. The van der Waals surface area contributed by atoms with Crippen LogP contribution >= 0.6 is 0 Å². The highest BCUT2D eigenvalue weighted by atomic mass is 32.2. The summed E-state index contributed by atoms with van der Waals surface area (Å²) in [7, 11) is -3.59. The van der Waals surface area contributed by atoms with Gasteiger partial charge in [-0.15, -0.1) is 0 Å². The van der Waals surface area contributed by atoms with Gasteiger partial charge in [-0.05, 0) is 37.6 Å². The van der Waals surface area contributed by atoms with Gasteiger partial charge in [0.25, 0.3) is 5.91 Å². The number of benzene rings is 2. The monoisotopic (exact) mass is 374 g/mol. The van der Waals surface area contributed by atoms with Gasteiger partial charge in [0.2, 0.25) is 10.0 Å². The summed E-state index contributed by atoms with van der Waals surface area (Å²) in [6, 6.07) is 12.2. The number of amides is 1. The van der Waals surface area contributed by atoms with Crippen LogP contribution < -0.4 is 9.46 Å². The number of likely N-dealkylation sites (N-methyl/N-ethyl adjacent to an activating group) is 1. The van der Waals surface area contributed by atoms with E-state index in [0.29, 0.717) is 42.3 Å². The molecule has 1 heterocycles. The van der Waals surface area contributed by atoms with Gasteiger partial charge in [-0.2, -0.15) is 0 Å². The molecule has 0 aliphatic carbocycles. The van der Waals surface area contributed by atoms with E-state index in [2.05, 4.69) is 4.72 Å². The van der Waals surface area contributed by atoms with Crippen LogP contribution in [0.25, 0.3) is 0 Å². The Kier molecular flexibility index (Phi) is 5.18. The number of aryl methyl sites for hydroxylation is 1. The van der Waals surface area contributed by atoms with Gasteiger partial charge in [0.1, 0.15) is 12.4 Å². The van der Waals surface area contributed by atoms with Crippen LogP contribution in [0.3, 0.4) is 0 Å². The second-order valence-electron chi connectivity index (χ2n) is 6.29. The van der Waals surface area contributed by atoms with Crippen molar-refractivity contribution in [1.82, 2.24) is 4.90 Å². The number of carbonyl (C=O) groups excluding carboxylic acids is 1. The standard InChI is InChI=1S/C19H22N2O4S/c1-3-21-9-10-25-18-8-7-16(12-17(18)19(21)22)20-26(23,24)13-15-6-4-5-14(2)11-15/h4-8,11-12,20H,3,9-10,13H2,1-2H3. The second-order valence-corrected chi connectivity index (χ2v) is 8.02. The first-order valence-corrected chi connectivity index (χ1v) is 10.2.